The number of carboxylic acids is 1. The standard InChI is InChI=1S/C32H52O5/c1-20-22(34)8-9-23-28(20,5)11-10-24-29(23,6)13-17-32(19-37-21(2)33)25-18-27(3,4)12-15-31(25,26(35)36)16-14-30(24,32)7/h20,22-25,34H,8-19H2,1-7H3,(H,35,36)/t20-,22-,23+,24-,25+,28+,29-,30+,31-,32+/m0/s1. The minimum Gasteiger partial charge on any atom is -0.481 e. The number of aliphatic hydroxyl groups excluding tert-OH is 1. The quantitative estimate of drug-likeness (QED) is 0.401. The Morgan fingerprint density at radius 1 is 0.811 bits per heavy atom. The Morgan fingerprint density at radius 2 is 1.49 bits per heavy atom. The maximum Gasteiger partial charge on any atom is 0.309 e. The van der Waals surface area contributed by atoms with E-state index < -0.39 is 11.4 Å². The molecule has 2 N–H and O–H groups in total. The van der Waals surface area contributed by atoms with Crippen LogP contribution >= 0.6 is 0 Å². The average molecular weight is 517 g/mol. The fraction of sp³-hybridized carbons (Fsp3) is 0.938. The van der Waals surface area contributed by atoms with Crippen molar-refractivity contribution in [2.75, 3.05) is 6.61 Å². The van der Waals surface area contributed by atoms with Gasteiger partial charge in [0.1, 0.15) is 0 Å². The number of fused-ring (bicyclic) bond motifs is 7. The van der Waals surface area contributed by atoms with Crippen molar-refractivity contribution in [2.24, 2.45) is 56.2 Å². The number of hydrogen-bond acceptors (Lipinski definition) is 4. The highest BCUT2D eigenvalue weighted by atomic mass is 16.5. The van der Waals surface area contributed by atoms with E-state index in [4.69, 9.17) is 4.74 Å². The Labute approximate surface area is 224 Å². The van der Waals surface area contributed by atoms with Gasteiger partial charge in [-0.05, 0) is 116 Å². The molecule has 0 amide bonds. The summed E-state index contributed by atoms with van der Waals surface area (Å²) in [6, 6.07) is 0. The number of carbonyl (C=O) groups is 2. The summed E-state index contributed by atoms with van der Waals surface area (Å²) in [7, 11) is 0. The highest BCUT2D eigenvalue weighted by molar-refractivity contribution is 5.76. The third-order valence-electron chi connectivity index (χ3n) is 14.1. The van der Waals surface area contributed by atoms with Crippen molar-refractivity contribution in [1.82, 2.24) is 0 Å². The molecular weight excluding hydrogens is 464 g/mol. The Morgan fingerprint density at radius 3 is 2.14 bits per heavy atom. The van der Waals surface area contributed by atoms with Crippen LogP contribution in [0.5, 0.6) is 0 Å². The normalized spacial score (nSPS) is 52.6. The lowest BCUT2D eigenvalue weighted by Gasteiger charge is -2.74. The predicted molar refractivity (Wildman–Crippen MR) is 144 cm³/mol. The second-order valence-electron chi connectivity index (χ2n) is 15.8. The smallest absolute Gasteiger partial charge is 0.309 e. The number of esters is 1. The second kappa shape index (κ2) is 8.45. The lowest BCUT2D eigenvalue weighted by molar-refractivity contribution is -0.279. The van der Waals surface area contributed by atoms with Gasteiger partial charge < -0.3 is 14.9 Å². The van der Waals surface area contributed by atoms with E-state index in [0.29, 0.717) is 24.4 Å². The first-order valence-electron chi connectivity index (χ1n) is 15.1. The number of ether oxygens (including phenoxy) is 1. The van der Waals surface area contributed by atoms with Gasteiger partial charge in [-0.2, -0.15) is 0 Å². The highest BCUT2D eigenvalue weighted by Gasteiger charge is 2.74. The number of carboxylic acid groups (broad SMARTS) is 1. The lowest BCUT2D eigenvalue weighted by Crippen LogP contribution is -2.71. The average Bonchev–Trinajstić information content (AvgIpc) is 2.80. The molecule has 0 aromatic rings. The number of carbonyl (C=O) groups excluding carboxylic acids is 1. The van der Waals surface area contributed by atoms with Gasteiger partial charge in [-0.3, -0.25) is 9.59 Å². The summed E-state index contributed by atoms with van der Waals surface area (Å²) >= 11 is 0. The lowest BCUT2D eigenvalue weighted by atomic mass is 9.29. The van der Waals surface area contributed by atoms with Gasteiger partial charge in [-0.1, -0.05) is 41.5 Å². The third-order valence-corrected chi connectivity index (χ3v) is 14.1. The fourth-order valence-electron chi connectivity index (χ4n) is 11.7. The van der Waals surface area contributed by atoms with Gasteiger partial charge >= 0.3 is 11.9 Å². The van der Waals surface area contributed by atoms with Crippen LogP contribution in [0.1, 0.15) is 119 Å². The first-order valence-corrected chi connectivity index (χ1v) is 15.1. The molecule has 0 bridgehead atoms. The Hall–Kier alpha value is -1.10. The van der Waals surface area contributed by atoms with E-state index in [1.165, 1.54) is 6.92 Å². The molecule has 0 aromatic heterocycles. The fourth-order valence-corrected chi connectivity index (χ4v) is 11.7. The van der Waals surface area contributed by atoms with Crippen LogP contribution < -0.4 is 0 Å². The zero-order valence-corrected chi connectivity index (χ0v) is 24.5. The van der Waals surface area contributed by atoms with Crippen molar-refractivity contribution in [2.45, 2.75) is 125 Å². The molecule has 5 rings (SSSR count). The number of aliphatic carboxylic acids is 1. The van der Waals surface area contributed by atoms with Crippen LogP contribution in [0.3, 0.4) is 0 Å². The van der Waals surface area contributed by atoms with Crippen molar-refractivity contribution in [3.63, 3.8) is 0 Å². The molecule has 0 aliphatic heterocycles. The van der Waals surface area contributed by atoms with Crippen LogP contribution in [0.4, 0.5) is 0 Å². The molecule has 0 saturated heterocycles. The maximum absolute atomic E-state index is 13.1. The van der Waals surface area contributed by atoms with Gasteiger partial charge in [0.25, 0.3) is 0 Å². The molecular formula is C32H52O5. The van der Waals surface area contributed by atoms with Gasteiger partial charge in [0, 0.05) is 12.3 Å². The first-order chi connectivity index (χ1) is 17.1. The van der Waals surface area contributed by atoms with Crippen molar-refractivity contribution in [1.29, 1.82) is 0 Å². The molecule has 5 fully saturated rings. The largest absolute Gasteiger partial charge is 0.481 e. The molecule has 10 atom stereocenters. The molecule has 5 nitrogen and oxygen atoms in total. The van der Waals surface area contributed by atoms with Crippen molar-refractivity contribution < 1.29 is 24.5 Å². The van der Waals surface area contributed by atoms with Crippen LogP contribution in [0, 0.1) is 56.2 Å². The van der Waals surface area contributed by atoms with Crippen LogP contribution in [0.15, 0.2) is 0 Å². The molecule has 210 valence electrons. The molecule has 0 heterocycles. The van der Waals surface area contributed by atoms with E-state index in [-0.39, 0.29) is 45.1 Å². The summed E-state index contributed by atoms with van der Waals surface area (Å²) in [4.78, 5) is 25.3. The van der Waals surface area contributed by atoms with E-state index in [1.807, 2.05) is 0 Å². The van der Waals surface area contributed by atoms with E-state index >= 15 is 0 Å². The van der Waals surface area contributed by atoms with Gasteiger partial charge in [0.15, 0.2) is 0 Å². The number of rotatable bonds is 3. The van der Waals surface area contributed by atoms with E-state index in [9.17, 15) is 19.8 Å². The summed E-state index contributed by atoms with van der Waals surface area (Å²) in [6.07, 6.45) is 10.2. The van der Waals surface area contributed by atoms with E-state index in [1.54, 1.807) is 0 Å². The van der Waals surface area contributed by atoms with Gasteiger partial charge in [0.05, 0.1) is 18.1 Å². The molecule has 5 heteroatoms. The van der Waals surface area contributed by atoms with Crippen LogP contribution in [0.2, 0.25) is 0 Å². The second-order valence-corrected chi connectivity index (χ2v) is 15.8. The minimum atomic E-state index is -0.713. The Bertz CT molecular complexity index is 959. The molecule has 5 saturated carbocycles. The highest BCUT2D eigenvalue weighted by Crippen LogP contribution is 2.78. The molecule has 5 aliphatic rings. The summed E-state index contributed by atoms with van der Waals surface area (Å²) in [6.45, 7) is 16.2. The molecule has 5 aliphatic carbocycles. The summed E-state index contributed by atoms with van der Waals surface area (Å²) in [5, 5.41) is 21.6. The molecule has 37 heavy (non-hydrogen) atoms. The molecule has 0 spiro atoms. The summed E-state index contributed by atoms with van der Waals surface area (Å²) in [5.41, 5.74) is -0.718. The zero-order chi connectivity index (χ0) is 27.2. The number of aliphatic hydroxyl groups is 1. The topological polar surface area (TPSA) is 83.8 Å². The summed E-state index contributed by atoms with van der Waals surface area (Å²) in [5.74, 6) is 0.477. The van der Waals surface area contributed by atoms with E-state index in [2.05, 4.69) is 41.5 Å². The van der Waals surface area contributed by atoms with Crippen molar-refractivity contribution >= 4 is 11.9 Å². The van der Waals surface area contributed by atoms with Gasteiger partial charge in [-0.25, -0.2) is 0 Å². The summed E-state index contributed by atoms with van der Waals surface area (Å²) < 4.78 is 5.95. The first kappa shape index (κ1) is 27.5. The number of hydrogen-bond donors (Lipinski definition) is 2. The molecule has 0 radical (unpaired) electrons. The minimum absolute atomic E-state index is 0.0179. The van der Waals surface area contributed by atoms with Crippen molar-refractivity contribution in [3.8, 4) is 0 Å². The van der Waals surface area contributed by atoms with Crippen molar-refractivity contribution in [3.05, 3.63) is 0 Å². The Kier molecular flexibility index (Phi) is 6.27. The molecule has 0 unspecified atom stereocenters. The van der Waals surface area contributed by atoms with Gasteiger partial charge in [0.2, 0.25) is 0 Å². The van der Waals surface area contributed by atoms with Crippen LogP contribution in [-0.4, -0.2) is 34.9 Å². The monoisotopic (exact) mass is 516 g/mol. The van der Waals surface area contributed by atoms with Crippen LogP contribution in [-0.2, 0) is 14.3 Å². The van der Waals surface area contributed by atoms with Crippen LogP contribution in [0.25, 0.3) is 0 Å². The van der Waals surface area contributed by atoms with Gasteiger partial charge in [-0.15, -0.1) is 0 Å². The molecule has 0 aromatic carbocycles. The third kappa shape index (κ3) is 3.57. The zero-order valence-electron chi connectivity index (χ0n) is 24.5. The SMILES string of the molecule is CC(=O)OC[C@@]12CC[C@@]3(C)[C@@H]4CC[C@H](O)[C@H](C)[C@@]4(C)CC[C@@H]3[C@@]1(C)CC[C@@]1(C(=O)O)CCC(C)(C)C[C@H]12. The predicted octanol–water partition coefficient (Wildman–Crippen LogP) is 6.86. The Balaban J connectivity index is 1.63. The maximum atomic E-state index is 13.1. The van der Waals surface area contributed by atoms with E-state index in [0.717, 1.165) is 70.6 Å².